The molecule has 1 aliphatic rings. The van der Waals surface area contributed by atoms with Crippen LogP contribution >= 0.6 is 15.9 Å². The minimum atomic E-state index is -0.635. The number of ether oxygens (including phenoxy) is 4. The Balaban J connectivity index is 1.45. The molecule has 2 N–H and O–H groups in total. The standard InChI is InChI=1S/C33H31BrN2O6/c1-4-6-7-14-39-27-12-8-20(15-29(27)38-5-2)30-23-11-10-22(17-28(23)42-32(36)25(30)18-35)40-33(37)31-19(3)24-16-21(34)9-13-26(24)41-31/h8-13,15-17,30H,4-7,14,36H2,1-3H3. The lowest BCUT2D eigenvalue weighted by molar-refractivity contribution is 0.0702. The Kier molecular flexibility index (Phi) is 8.74. The maximum atomic E-state index is 13.1. The van der Waals surface area contributed by atoms with E-state index in [9.17, 15) is 10.1 Å². The molecule has 1 aromatic heterocycles. The molecule has 0 fully saturated rings. The van der Waals surface area contributed by atoms with Gasteiger partial charge in [0, 0.05) is 27.1 Å². The Hall–Kier alpha value is -4.42. The van der Waals surface area contributed by atoms with Crippen molar-refractivity contribution in [2.75, 3.05) is 13.2 Å². The van der Waals surface area contributed by atoms with Gasteiger partial charge in [0.05, 0.1) is 19.1 Å². The molecule has 0 aliphatic carbocycles. The van der Waals surface area contributed by atoms with Crippen LogP contribution < -0.4 is 24.7 Å². The van der Waals surface area contributed by atoms with Gasteiger partial charge in [-0.15, -0.1) is 0 Å². The number of halogens is 1. The molecule has 0 amide bonds. The molecule has 0 spiro atoms. The number of benzene rings is 3. The van der Waals surface area contributed by atoms with Crippen LogP contribution in [-0.2, 0) is 0 Å². The van der Waals surface area contributed by atoms with E-state index in [0.29, 0.717) is 47.2 Å². The van der Waals surface area contributed by atoms with Gasteiger partial charge < -0.3 is 29.1 Å². The maximum absolute atomic E-state index is 13.1. The largest absolute Gasteiger partial charge is 0.490 e. The summed E-state index contributed by atoms with van der Waals surface area (Å²) in [6, 6.07) is 18.4. The zero-order chi connectivity index (χ0) is 29.8. The van der Waals surface area contributed by atoms with Crippen molar-refractivity contribution in [1.29, 1.82) is 5.26 Å². The van der Waals surface area contributed by atoms with Crippen molar-refractivity contribution in [3.05, 3.63) is 93.0 Å². The Bertz CT molecular complexity index is 1720. The second-order valence-electron chi connectivity index (χ2n) is 9.91. The van der Waals surface area contributed by atoms with E-state index in [-0.39, 0.29) is 23.0 Å². The predicted molar refractivity (Wildman–Crippen MR) is 162 cm³/mol. The number of allylic oxidation sites excluding steroid dienone is 1. The van der Waals surface area contributed by atoms with Crippen LogP contribution in [0.3, 0.4) is 0 Å². The molecule has 216 valence electrons. The van der Waals surface area contributed by atoms with E-state index in [1.54, 1.807) is 24.3 Å². The van der Waals surface area contributed by atoms with Crippen LogP contribution in [0.2, 0.25) is 0 Å². The molecule has 0 saturated carbocycles. The number of carbonyl (C=O) groups excluding carboxylic acids is 1. The maximum Gasteiger partial charge on any atom is 0.379 e. The van der Waals surface area contributed by atoms with Gasteiger partial charge in [-0.25, -0.2) is 4.79 Å². The van der Waals surface area contributed by atoms with Gasteiger partial charge in [-0.05, 0) is 62.2 Å². The second-order valence-corrected chi connectivity index (χ2v) is 10.8. The molecule has 42 heavy (non-hydrogen) atoms. The minimum absolute atomic E-state index is 0.0185. The number of nitrogens with two attached hydrogens (primary N) is 1. The Morgan fingerprint density at radius 2 is 1.88 bits per heavy atom. The molecule has 5 rings (SSSR count). The van der Waals surface area contributed by atoms with Gasteiger partial charge in [0.15, 0.2) is 11.5 Å². The van der Waals surface area contributed by atoms with E-state index in [2.05, 4.69) is 28.9 Å². The highest BCUT2D eigenvalue weighted by atomic mass is 79.9. The first-order valence-electron chi connectivity index (χ1n) is 13.9. The molecule has 3 aromatic carbocycles. The first-order chi connectivity index (χ1) is 20.3. The summed E-state index contributed by atoms with van der Waals surface area (Å²) in [5.41, 5.74) is 9.25. The molecule has 1 atom stereocenters. The summed E-state index contributed by atoms with van der Waals surface area (Å²) in [5.74, 6) is 0.810. The minimum Gasteiger partial charge on any atom is -0.490 e. The van der Waals surface area contributed by atoms with Crippen LogP contribution in [0.5, 0.6) is 23.0 Å². The third-order valence-electron chi connectivity index (χ3n) is 7.09. The van der Waals surface area contributed by atoms with Crippen LogP contribution in [0.15, 0.2) is 74.9 Å². The monoisotopic (exact) mass is 630 g/mol. The summed E-state index contributed by atoms with van der Waals surface area (Å²) in [5, 5.41) is 10.8. The molecule has 9 heteroatoms. The van der Waals surface area contributed by atoms with Gasteiger partial charge in [0.1, 0.15) is 28.7 Å². The van der Waals surface area contributed by atoms with E-state index in [1.165, 1.54) is 0 Å². The quantitative estimate of drug-likeness (QED) is 0.107. The fourth-order valence-corrected chi connectivity index (χ4v) is 5.37. The zero-order valence-electron chi connectivity index (χ0n) is 23.7. The highest BCUT2D eigenvalue weighted by Gasteiger charge is 2.32. The Labute approximate surface area is 252 Å². The number of fused-ring (bicyclic) bond motifs is 2. The van der Waals surface area contributed by atoms with Gasteiger partial charge in [-0.3, -0.25) is 0 Å². The molecular formula is C33H31BrN2O6. The van der Waals surface area contributed by atoms with E-state index in [1.807, 2.05) is 44.2 Å². The van der Waals surface area contributed by atoms with Gasteiger partial charge >= 0.3 is 5.97 Å². The Morgan fingerprint density at radius 3 is 2.64 bits per heavy atom. The van der Waals surface area contributed by atoms with Crippen molar-refractivity contribution < 1.29 is 28.2 Å². The van der Waals surface area contributed by atoms with Gasteiger partial charge in [-0.2, -0.15) is 5.26 Å². The predicted octanol–water partition coefficient (Wildman–Crippen LogP) is 7.91. The van der Waals surface area contributed by atoms with E-state index in [0.717, 1.165) is 34.7 Å². The van der Waals surface area contributed by atoms with Crippen molar-refractivity contribution in [3.63, 3.8) is 0 Å². The summed E-state index contributed by atoms with van der Waals surface area (Å²) < 4.78 is 30.1. The number of furan rings is 1. The summed E-state index contributed by atoms with van der Waals surface area (Å²) in [7, 11) is 0. The summed E-state index contributed by atoms with van der Waals surface area (Å²) >= 11 is 3.45. The van der Waals surface area contributed by atoms with Crippen molar-refractivity contribution in [3.8, 4) is 29.1 Å². The topological polar surface area (TPSA) is 117 Å². The van der Waals surface area contributed by atoms with Gasteiger partial charge in [0.25, 0.3) is 0 Å². The lowest BCUT2D eigenvalue weighted by Gasteiger charge is -2.27. The number of nitriles is 1. The van der Waals surface area contributed by atoms with Crippen LogP contribution in [-0.4, -0.2) is 19.2 Å². The average molecular weight is 632 g/mol. The SMILES string of the molecule is CCCCCOc1ccc(C2C(C#N)=C(N)Oc3cc(OC(=O)c4oc5ccc(Br)cc5c4C)ccc32)cc1OCC. The number of aryl methyl sites for hydroxylation is 1. The van der Waals surface area contributed by atoms with Crippen molar-refractivity contribution >= 4 is 32.9 Å². The lowest BCUT2D eigenvalue weighted by Crippen LogP contribution is -2.21. The van der Waals surface area contributed by atoms with Crippen LogP contribution in [0, 0.1) is 18.3 Å². The molecule has 8 nitrogen and oxygen atoms in total. The van der Waals surface area contributed by atoms with E-state index >= 15 is 0 Å². The van der Waals surface area contributed by atoms with Gasteiger partial charge in [-0.1, -0.05) is 47.8 Å². The normalized spacial score (nSPS) is 14.2. The lowest BCUT2D eigenvalue weighted by atomic mass is 9.83. The zero-order valence-corrected chi connectivity index (χ0v) is 25.2. The average Bonchev–Trinajstić information content (AvgIpc) is 3.30. The fourth-order valence-electron chi connectivity index (χ4n) is 5.01. The van der Waals surface area contributed by atoms with Crippen LogP contribution in [0.4, 0.5) is 0 Å². The molecule has 2 heterocycles. The molecule has 0 radical (unpaired) electrons. The molecule has 1 unspecified atom stereocenters. The van der Waals surface area contributed by atoms with Crippen LogP contribution in [0.25, 0.3) is 11.0 Å². The summed E-state index contributed by atoms with van der Waals surface area (Å²) in [6.07, 6.45) is 3.15. The number of rotatable bonds is 10. The first kappa shape index (κ1) is 29.1. The van der Waals surface area contributed by atoms with E-state index in [4.69, 9.17) is 29.1 Å². The number of esters is 1. The highest BCUT2D eigenvalue weighted by Crippen LogP contribution is 2.45. The van der Waals surface area contributed by atoms with E-state index < -0.39 is 11.9 Å². The molecule has 0 bridgehead atoms. The van der Waals surface area contributed by atoms with Gasteiger partial charge in [0.2, 0.25) is 11.6 Å². The third kappa shape index (κ3) is 5.81. The van der Waals surface area contributed by atoms with Crippen LogP contribution in [0.1, 0.15) is 66.3 Å². The highest BCUT2D eigenvalue weighted by molar-refractivity contribution is 9.10. The second kappa shape index (κ2) is 12.6. The number of unbranched alkanes of at least 4 members (excludes halogenated alkanes) is 2. The smallest absolute Gasteiger partial charge is 0.379 e. The molecule has 1 aliphatic heterocycles. The molecule has 0 saturated heterocycles. The summed E-state index contributed by atoms with van der Waals surface area (Å²) in [4.78, 5) is 13.1. The van der Waals surface area contributed by atoms with Crippen molar-refractivity contribution in [2.24, 2.45) is 5.73 Å². The molecule has 4 aromatic rings. The Morgan fingerprint density at radius 1 is 1.05 bits per heavy atom. The summed E-state index contributed by atoms with van der Waals surface area (Å²) in [6.45, 7) is 6.91. The van der Waals surface area contributed by atoms with Crippen molar-refractivity contribution in [1.82, 2.24) is 0 Å². The fraction of sp³-hybridized carbons (Fsp3) is 0.273. The molecular weight excluding hydrogens is 600 g/mol. The first-order valence-corrected chi connectivity index (χ1v) is 14.7. The van der Waals surface area contributed by atoms with Crippen molar-refractivity contribution in [2.45, 2.75) is 46.0 Å². The number of nitrogens with zero attached hydrogens (tertiary/aromatic N) is 1. The number of hydrogen-bond donors (Lipinski definition) is 1. The third-order valence-corrected chi connectivity index (χ3v) is 7.58. The number of carbonyl (C=O) groups is 1. The number of hydrogen-bond acceptors (Lipinski definition) is 8.